The molecular formula is C29H37N3O4. The average molecular weight is 492 g/mol. The van der Waals surface area contributed by atoms with Crippen LogP contribution in [0.4, 0.5) is 5.82 Å². The molecule has 0 atom stereocenters. The van der Waals surface area contributed by atoms with Crippen molar-refractivity contribution in [3.63, 3.8) is 0 Å². The van der Waals surface area contributed by atoms with Gasteiger partial charge in [0.15, 0.2) is 5.82 Å². The van der Waals surface area contributed by atoms with Gasteiger partial charge in [0.25, 0.3) is 0 Å². The van der Waals surface area contributed by atoms with Crippen LogP contribution in [0.5, 0.6) is 0 Å². The molecule has 7 nitrogen and oxygen atoms in total. The first kappa shape index (κ1) is 25.7. The lowest BCUT2D eigenvalue weighted by Crippen LogP contribution is -2.43. The van der Waals surface area contributed by atoms with E-state index in [4.69, 9.17) is 14.3 Å². The Morgan fingerprint density at radius 2 is 1.78 bits per heavy atom. The SMILES string of the molecule is CCOC(=O)c1cn(-c2ccc(CCc3ccoc3)cc2)nc1N(C(=O)C1CCC(C)CC1)C(C)C. The third-order valence-corrected chi connectivity index (χ3v) is 7.02. The zero-order valence-electron chi connectivity index (χ0n) is 21.8. The van der Waals surface area contributed by atoms with Crippen molar-refractivity contribution in [2.24, 2.45) is 11.8 Å². The molecule has 36 heavy (non-hydrogen) atoms. The molecule has 192 valence electrons. The molecule has 2 heterocycles. The van der Waals surface area contributed by atoms with Gasteiger partial charge in [-0.25, -0.2) is 9.48 Å². The number of ether oxygens (including phenoxy) is 1. The maximum atomic E-state index is 13.7. The van der Waals surface area contributed by atoms with Gasteiger partial charge < -0.3 is 9.15 Å². The van der Waals surface area contributed by atoms with Crippen LogP contribution in [-0.4, -0.2) is 34.3 Å². The number of carbonyl (C=O) groups is 2. The first-order valence-electron chi connectivity index (χ1n) is 13.1. The summed E-state index contributed by atoms with van der Waals surface area (Å²) < 4.78 is 12.2. The van der Waals surface area contributed by atoms with Gasteiger partial charge in [0.1, 0.15) is 5.56 Å². The molecule has 4 rings (SSSR count). The van der Waals surface area contributed by atoms with Gasteiger partial charge in [-0.3, -0.25) is 9.69 Å². The minimum atomic E-state index is -0.466. The highest BCUT2D eigenvalue weighted by atomic mass is 16.5. The Labute approximate surface area is 213 Å². The van der Waals surface area contributed by atoms with Crippen LogP contribution in [-0.2, 0) is 22.4 Å². The number of nitrogens with zero attached hydrogens (tertiary/aromatic N) is 3. The standard InChI is InChI=1S/C29H37N3O4/c1-5-36-29(34)26-18-31(25-14-10-22(11-15-25)8-9-23-16-17-35-19-23)30-27(26)32(20(2)3)28(33)24-12-6-21(4)7-13-24/h10-11,14-21,24H,5-9,12-13H2,1-4H3. The first-order chi connectivity index (χ1) is 17.4. The van der Waals surface area contributed by atoms with Crippen LogP contribution in [0, 0.1) is 11.8 Å². The largest absolute Gasteiger partial charge is 0.472 e. The van der Waals surface area contributed by atoms with E-state index in [1.54, 1.807) is 35.2 Å². The molecule has 1 aliphatic rings. The Morgan fingerprint density at radius 3 is 2.39 bits per heavy atom. The zero-order chi connectivity index (χ0) is 25.7. The van der Waals surface area contributed by atoms with Gasteiger partial charge in [-0.2, -0.15) is 0 Å². The molecule has 0 aliphatic heterocycles. The molecule has 0 spiro atoms. The smallest absolute Gasteiger partial charge is 0.343 e. The van der Waals surface area contributed by atoms with Crippen LogP contribution < -0.4 is 4.90 Å². The quantitative estimate of drug-likeness (QED) is 0.343. The third kappa shape index (κ3) is 5.89. The number of amides is 1. The molecule has 1 amide bonds. The average Bonchev–Trinajstić information content (AvgIpc) is 3.54. The first-order valence-corrected chi connectivity index (χ1v) is 13.1. The molecule has 3 aromatic rings. The molecule has 1 saturated carbocycles. The normalized spacial score (nSPS) is 17.8. The number of aryl methyl sites for hydroxylation is 2. The highest BCUT2D eigenvalue weighted by Gasteiger charge is 2.34. The number of hydrogen-bond donors (Lipinski definition) is 0. The number of anilines is 1. The maximum Gasteiger partial charge on any atom is 0.343 e. The van der Waals surface area contributed by atoms with Gasteiger partial charge >= 0.3 is 5.97 Å². The number of aromatic nitrogens is 2. The fraction of sp³-hybridized carbons (Fsp3) is 0.483. The minimum Gasteiger partial charge on any atom is -0.472 e. The molecule has 1 aromatic carbocycles. The molecule has 0 N–H and O–H groups in total. The third-order valence-electron chi connectivity index (χ3n) is 7.02. The molecule has 1 aliphatic carbocycles. The van der Waals surface area contributed by atoms with Crippen molar-refractivity contribution in [1.82, 2.24) is 9.78 Å². The second-order valence-electron chi connectivity index (χ2n) is 10.1. The van der Waals surface area contributed by atoms with Crippen molar-refractivity contribution in [3.05, 3.63) is 65.7 Å². The Morgan fingerprint density at radius 1 is 1.08 bits per heavy atom. The Balaban J connectivity index is 1.61. The van der Waals surface area contributed by atoms with Gasteiger partial charge in [-0.05, 0) is 94.5 Å². The van der Waals surface area contributed by atoms with Gasteiger partial charge in [-0.1, -0.05) is 19.1 Å². The Kier molecular flexibility index (Phi) is 8.28. The summed E-state index contributed by atoms with van der Waals surface area (Å²) in [6.45, 7) is 8.20. The molecule has 2 aromatic heterocycles. The molecule has 0 unspecified atom stereocenters. The topological polar surface area (TPSA) is 77.6 Å². The van der Waals surface area contributed by atoms with E-state index in [0.29, 0.717) is 17.3 Å². The fourth-order valence-corrected chi connectivity index (χ4v) is 4.87. The molecule has 7 heteroatoms. The number of furan rings is 1. The van der Waals surface area contributed by atoms with E-state index >= 15 is 0 Å². The molecule has 0 radical (unpaired) electrons. The van der Waals surface area contributed by atoms with Gasteiger partial charge in [0.05, 0.1) is 24.8 Å². The van der Waals surface area contributed by atoms with Crippen LogP contribution in [0.3, 0.4) is 0 Å². The van der Waals surface area contributed by atoms with Crippen molar-refractivity contribution in [3.8, 4) is 5.69 Å². The maximum absolute atomic E-state index is 13.7. The molecule has 0 bridgehead atoms. The molecular weight excluding hydrogens is 454 g/mol. The summed E-state index contributed by atoms with van der Waals surface area (Å²) in [5.74, 6) is 0.557. The number of hydrogen-bond acceptors (Lipinski definition) is 5. The second kappa shape index (κ2) is 11.6. The highest BCUT2D eigenvalue weighted by molar-refractivity contribution is 6.02. The van der Waals surface area contributed by atoms with E-state index < -0.39 is 5.97 Å². The zero-order valence-corrected chi connectivity index (χ0v) is 21.8. The lowest BCUT2D eigenvalue weighted by atomic mass is 9.82. The fourth-order valence-electron chi connectivity index (χ4n) is 4.87. The van der Waals surface area contributed by atoms with Gasteiger partial charge in [0.2, 0.25) is 5.91 Å². The van der Waals surface area contributed by atoms with E-state index in [2.05, 4.69) is 19.1 Å². The Bertz CT molecular complexity index is 1140. The van der Waals surface area contributed by atoms with E-state index in [-0.39, 0.29) is 24.5 Å². The summed E-state index contributed by atoms with van der Waals surface area (Å²) in [5, 5.41) is 4.76. The predicted octanol–water partition coefficient (Wildman–Crippen LogP) is 5.99. The monoisotopic (exact) mass is 491 g/mol. The van der Waals surface area contributed by atoms with Crippen LogP contribution in [0.25, 0.3) is 5.69 Å². The summed E-state index contributed by atoms with van der Waals surface area (Å²) >= 11 is 0. The van der Waals surface area contributed by atoms with Crippen LogP contribution >= 0.6 is 0 Å². The summed E-state index contributed by atoms with van der Waals surface area (Å²) in [6.07, 6.45) is 10.8. The van der Waals surface area contributed by atoms with Crippen molar-refractivity contribution >= 4 is 17.7 Å². The van der Waals surface area contributed by atoms with Crippen LogP contribution in [0.2, 0.25) is 0 Å². The summed E-state index contributed by atoms with van der Waals surface area (Å²) in [7, 11) is 0. The summed E-state index contributed by atoms with van der Waals surface area (Å²) in [4.78, 5) is 28.3. The number of carbonyl (C=O) groups excluding carboxylic acids is 2. The molecule has 1 fully saturated rings. The van der Waals surface area contributed by atoms with E-state index in [0.717, 1.165) is 44.2 Å². The number of esters is 1. The highest BCUT2D eigenvalue weighted by Crippen LogP contribution is 2.33. The minimum absolute atomic E-state index is 0.0432. The van der Waals surface area contributed by atoms with E-state index in [9.17, 15) is 9.59 Å². The van der Waals surface area contributed by atoms with E-state index in [1.165, 1.54) is 11.1 Å². The molecule has 0 saturated heterocycles. The van der Waals surface area contributed by atoms with Crippen molar-refractivity contribution in [2.45, 2.75) is 72.3 Å². The lowest BCUT2D eigenvalue weighted by Gasteiger charge is -2.32. The van der Waals surface area contributed by atoms with Gasteiger partial charge in [-0.15, -0.1) is 5.10 Å². The van der Waals surface area contributed by atoms with Crippen LogP contribution in [0.15, 0.2) is 53.5 Å². The summed E-state index contributed by atoms with van der Waals surface area (Å²) in [5.41, 5.74) is 3.50. The van der Waals surface area contributed by atoms with Crippen molar-refractivity contribution in [2.75, 3.05) is 11.5 Å². The number of benzene rings is 1. The van der Waals surface area contributed by atoms with E-state index in [1.807, 2.05) is 32.0 Å². The Hall–Kier alpha value is -3.35. The number of rotatable bonds is 9. The summed E-state index contributed by atoms with van der Waals surface area (Å²) in [6, 6.07) is 9.94. The predicted molar refractivity (Wildman–Crippen MR) is 139 cm³/mol. The second-order valence-corrected chi connectivity index (χ2v) is 10.1. The van der Waals surface area contributed by atoms with Crippen molar-refractivity contribution in [1.29, 1.82) is 0 Å². The van der Waals surface area contributed by atoms with Gasteiger partial charge in [0, 0.05) is 18.2 Å². The van der Waals surface area contributed by atoms with Crippen molar-refractivity contribution < 1.29 is 18.7 Å². The lowest BCUT2D eigenvalue weighted by molar-refractivity contribution is -0.124. The van der Waals surface area contributed by atoms with Crippen LogP contribution in [0.1, 0.15) is 74.9 Å².